The molecular formula is C23H24N4O5S. The summed E-state index contributed by atoms with van der Waals surface area (Å²) in [7, 11) is 1.46. The Morgan fingerprint density at radius 3 is 2.67 bits per heavy atom. The third-order valence-corrected chi connectivity index (χ3v) is 6.52. The van der Waals surface area contributed by atoms with E-state index >= 15 is 0 Å². The second-order valence-electron chi connectivity index (χ2n) is 7.68. The Kier molecular flexibility index (Phi) is 6.45. The molecule has 0 spiro atoms. The molecule has 0 radical (unpaired) electrons. The van der Waals surface area contributed by atoms with Crippen molar-refractivity contribution in [1.82, 2.24) is 9.88 Å². The number of nitrogen functional groups attached to an aromatic ring is 1. The summed E-state index contributed by atoms with van der Waals surface area (Å²) in [6.45, 7) is 2.91. The standard InChI is InChI=1S/C23H24N4O5S/c1-13-5-7-15-19(24)20(33-22(15)25-13)21(29)26-16-11-14(6-8-17(16)31-2)23(30)32-12-18(28)27-9-3-4-10-27/h5-8,11H,3-4,9-10,12,24H2,1-2H3,(H,26,29). The van der Waals surface area contributed by atoms with Gasteiger partial charge in [0.15, 0.2) is 6.61 Å². The lowest BCUT2D eigenvalue weighted by Gasteiger charge is -2.15. The van der Waals surface area contributed by atoms with Crippen molar-refractivity contribution < 1.29 is 23.9 Å². The minimum atomic E-state index is -0.665. The van der Waals surface area contributed by atoms with Crippen LogP contribution in [-0.4, -0.2) is 54.5 Å². The van der Waals surface area contributed by atoms with Gasteiger partial charge in [0.2, 0.25) is 0 Å². The molecule has 0 bridgehead atoms. The molecule has 3 heterocycles. The lowest BCUT2D eigenvalue weighted by atomic mass is 10.1. The molecule has 3 aromatic rings. The number of amides is 2. The highest BCUT2D eigenvalue weighted by Gasteiger charge is 2.22. The summed E-state index contributed by atoms with van der Waals surface area (Å²) >= 11 is 1.19. The van der Waals surface area contributed by atoms with Crippen LogP contribution in [-0.2, 0) is 9.53 Å². The second kappa shape index (κ2) is 9.45. The molecule has 10 heteroatoms. The van der Waals surface area contributed by atoms with E-state index in [4.69, 9.17) is 15.2 Å². The Balaban J connectivity index is 1.51. The SMILES string of the molecule is COc1ccc(C(=O)OCC(=O)N2CCCC2)cc1NC(=O)c1sc2nc(C)ccc2c1N. The molecule has 1 aliphatic heterocycles. The van der Waals surface area contributed by atoms with Crippen molar-refractivity contribution >= 4 is 50.7 Å². The summed E-state index contributed by atoms with van der Waals surface area (Å²) in [5.41, 5.74) is 7.81. The molecule has 0 aliphatic carbocycles. The van der Waals surface area contributed by atoms with Crippen molar-refractivity contribution in [2.24, 2.45) is 0 Å². The summed E-state index contributed by atoms with van der Waals surface area (Å²) in [5.74, 6) is -0.961. The van der Waals surface area contributed by atoms with E-state index < -0.39 is 11.9 Å². The van der Waals surface area contributed by atoms with Crippen LogP contribution < -0.4 is 15.8 Å². The monoisotopic (exact) mass is 468 g/mol. The third kappa shape index (κ3) is 4.75. The number of thiophene rings is 1. The molecule has 0 unspecified atom stereocenters. The first-order valence-corrected chi connectivity index (χ1v) is 11.3. The molecule has 172 valence electrons. The van der Waals surface area contributed by atoms with Crippen LogP contribution in [0.3, 0.4) is 0 Å². The molecule has 1 aliphatic rings. The maximum atomic E-state index is 13.0. The average molecular weight is 469 g/mol. The highest BCUT2D eigenvalue weighted by atomic mass is 32.1. The molecule has 0 atom stereocenters. The fourth-order valence-corrected chi connectivity index (χ4v) is 4.67. The number of aryl methyl sites for hydroxylation is 1. The van der Waals surface area contributed by atoms with E-state index in [1.807, 2.05) is 19.1 Å². The number of carbonyl (C=O) groups is 3. The first-order valence-electron chi connectivity index (χ1n) is 10.5. The number of ether oxygens (including phenoxy) is 2. The molecule has 0 saturated carbocycles. The van der Waals surface area contributed by atoms with E-state index in [0.29, 0.717) is 39.6 Å². The predicted octanol–water partition coefficient (Wildman–Crippen LogP) is 3.23. The van der Waals surface area contributed by atoms with Crippen molar-refractivity contribution in [1.29, 1.82) is 0 Å². The van der Waals surface area contributed by atoms with Gasteiger partial charge in [-0.1, -0.05) is 0 Å². The molecule has 33 heavy (non-hydrogen) atoms. The van der Waals surface area contributed by atoms with Crippen LogP contribution in [0.4, 0.5) is 11.4 Å². The zero-order chi connectivity index (χ0) is 23.5. The number of aromatic nitrogens is 1. The Hall–Kier alpha value is -3.66. The number of hydrogen-bond acceptors (Lipinski definition) is 8. The maximum Gasteiger partial charge on any atom is 0.338 e. The van der Waals surface area contributed by atoms with Crippen LogP contribution in [0.1, 0.15) is 38.6 Å². The number of nitrogens with two attached hydrogens (primary N) is 1. The lowest BCUT2D eigenvalue weighted by Crippen LogP contribution is -2.32. The molecular weight excluding hydrogens is 444 g/mol. The Morgan fingerprint density at radius 1 is 1.18 bits per heavy atom. The highest BCUT2D eigenvalue weighted by Crippen LogP contribution is 2.34. The number of benzene rings is 1. The number of methoxy groups -OCH3 is 1. The van der Waals surface area contributed by atoms with Gasteiger partial charge in [0.1, 0.15) is 15.5 Å². The summed E-state index contributed by atoms with van der Waals surface area (Å²) in [6.07, 6.45) is 1.92. The van der Waals surface area contributed by atoms with Crippen molar-refractivity contribution in [2.75, 3.05) is 37.9 Å². The zero-order valence-corrected chi connectivity index (χ0v) is 19.2. The van der Waals surface area contributed by atoms with E-state index in [2.05, 4.69) is 10.3 Å². The first kappa shape index (κ1) is 22.5. The fraction of sp³-hybridized carbons (Fsp3) is 0.304. The van der Waals surface area contributed by atoms with Crippen LogP contribution in [0.25, 0.3) is 10.2 Å². The van der Waals surface area contributed by atoms with Gasteiger partial charge in [-0.05, 0) is 50.1 Å². The number of likely N-dealkylation sites (tertiary alicyclic amines) is 1. The Labute approximate surface area is 194 Å². The number of rotatable bonds is 6. The number of fused-ring (bicyclic) bond motifs is 1. The van der Waals surface area contributed by atoms with Crippen molar-refractivity contribution in [3.05, 3.63) is 46.5 Å². The van der Waals surface area contributed by atoms with Crippen LogP contribution in [0.5, 0.6) is 5.75 Å². The highest BCUT2D eigenvalue weighted by molar-refractivity contribution is 7.21. The van der Waals surface area contributed by atoms with E-state index in [-0.39, 0.29) is 23.8 Å². The molecule has 1 fully saturated rings. The third-order valence-electron chi connectivity index (χ3n) is 5.41. The molecule has 1 aromatic carbocycles. The van der Waals surface area contributed by atoms with E-state index in [1.165, 1.54) is 30.6 Å². The minimum absolute atomic E-state index is 0.182. The van der Waals surface area contributed by atoms with Gasteiger partial charge in [-0.3, -0.25) is 9.59 Å². The van der Waals surface area contributed by atoms with E-state index in [1.54, 1.807) is 11.0 Å². The lowest BCUT2D eigenvalue weighted by molar-refractivity contribution is -0.133. The van der Waals surface area contributed by atoms with Crippen molar-refractivity contribution in [3.63, 3.8) is 0 Å². The summed E-state index contributed by atoms with van der Waals surface area (Å²) in [5, 5.41) is 3.47. The number of pyridine rings is 1. The van der Waals surface area contributed by atoms with Gasteiger partial charge in [-0.25, -0.2) is 9.78 Å². The maximum absolute atomic E-state index is 13.0. The van der Waals surface area contributed by atoms with Crippen LogP contribution in [0, 0.1) is 6.92 Å². The van der Waals surface area contributed by atoms with Crippen LogP contribution in [0.2, 0.25) is 0 Å². The Morgan fingerprint density at radius 2 is 1.94 bits per heavy atom. The van der Waals surface area contributed by atoms with Gasteiger partial charge in [-0.15, -0.1) is 11.3 Å². The van der Waals surface area contributed by atoms with E-state index in [9.17, 15) is 14.4 Å². The second-order valence-corrected chi connectivity index (χ2v) is 8.68. The van der Waals surface area contributed by atoms with Gasteiger partial charge in [0, 0.05) is 24.2 Å². The van der Waals surface area contributed by atoms with Gasteiger partial charge < -0.3 is 25.4 Å². The first-order chi connectivity index (χ1) is 15.9. The number of carbonyl (C=O) groups excluding carboxylic acids is 3. The molecule has 3 N–H and O–H groups in total. The average Bonchev–Trinajstić information content (AvgIpc) is 3.45. The summed E-state index contributed by atoms with van der Waals surface area (Å²) in [6, 6.07) is 8.18. The molecule has 4 rings (SSSR count). The van der Waals surface area contributed by atoms with Crippen LogP contribution >= 0.6 is 11.3 Å². The topological polar surface area (TPSA) is 124 Å². The van der Waals surface area contributed by atoms with Crippen LogP contribution in [0.15, 0.2) is 30.3 Å². The number of nitrogens with zero attached hydrogens (tertiary/aromatic N) is 2. The van der Waals surface area contributed by atoms with Crippen molar-refractivity contribution in [2.45, 2.75) is 19.8 Å². The summed E-state index contributed by atoms with van der Waals surface area (Å²) < 4.78 is 10.5. The molecule has 2 aromatic heterocycles. The summed E-state index contributed by atoms with van der Waals surface area (Å²) in [4.78, 5) is 44.7. The Bertz CT molecular complexity index is 1230. The van der Waals surface area contributed by atoms with Gasteiger partial charge in [0.05, 0.1) is 24.0 Å². The largest absolute Gasteiger partial charge is 0.495 e. The van der Waals surface area contributed by atoms with E-state index in [0.717, 1.165) is 18.5 Å². The number of esters is 1. The quantitative estimate of drug-likeness (QED) is 0.532. The van der Waals surface area contributed by atoms with Gasteiger partial charge >= 0.3 is 5.97 Å². The number of nitrogens with one attached hydrogen (secondary N) is 1. The molecule has 1 saturated heterocycles. The number of hydrogen-bond donors (Lipinski definition) is 2. The fourth-order valence-electron chi connectivity index (χ4n) is 3.64. The predicted molar refractivity (Wildman–Crippen MR) is 126 cm³/mol. The van der Waals surface area contributed by atoms with Gasteiger partial charge in [0.25, 0.3) is 11.8 Å². The molecule has 9 nitrogen and oxygen atoms in total. The van der Waals surface area contributed by atoms with Gasteiger partial charge in [-0.2, -0.15) is 0 Å². The number of anilines is 2. The smallest absolute Gasteiger partial charge is 0.338 e. The molecule has 2 amide bonds. The normalized spacial score (nSPS) is 13.2. The van der Waals surface area contributed by atoms with Crippen molar-refractivity contribution in [3.8, 4) is 5.75 Å². The minimum Gasteiger partial charge on any atom is -0.495 e. The zero-order valence-electron chi connectivity index (χ0n) is 18.3.